The summed E-state index contributed by atoms with van der Waals surface area (Å²) in [7, 11) is 0. The topological polar surface area (TPSA) is 26.3 Å². The van der Waals surface area contributed by atoms with E-state index in [1.54, 1.807) is 0 Å². The number of carbonyl (C=O) groups is 1. The minimum Gasteiger partial charge on any atom is -0.466 e. The fourth-order valence-electron chi connectivity index (χ4n) is 1.18. The molecule has 0 heterocycles. The van der Waals surface area contributed by atoms with E-state index >= 15 is 0 Å². The summed E-state index contributed by atoms with van der Waals surface area (Å²) >= 11 is 0. The third kappa shape index (κ3) is 2.37. The van der Waals surface area contributed by atoms with Crippen molar-refractivity contribution < 1.29 is 9.53 Å². The van der Waals surface area contributed by atoms with Gasteiger partial charge in [-0.15, -0.1) is 0 Å². The molecule has 1 rings (SSSR count). The lowest BCUT2D eigenvalue weighted by Gasteiger charge is -2.14. The van der Waals surface area contributed by atoms with Gasteiger partial charge in [0.25, 0.3) is 0 Å². The lowest BCUT2D eigenvalue weighted by Crippen LogP contribution is -2.18. The van der Waals surface area contributed by atoms with Gasteiger partial charge in [-0.3, -0.25) is 4.79 Å². The van der Waals surface area contributed by atoms with Crippen molar-refractivity contribution in [3.05, 3.63) is 12.2 Å². The zero-order chi connectivity index (χ0) is 8.10. The second-order valence-electron chi connectivity index (χ2n) is 2.63. The Morgan fingerprint density at radius 2 is 2.64 bits per heavy atom. The Bertz CT molecular complexity index is 161. The molecular formula is C9H13O2. The molecule has 0 aliphatic heterocycles. The van der Waals surface area contributed by atoms with Crippen molar-refractivity contribution in [3.8, 4) is 0 Å². The Kier molecular flexibility index (Phi) is 3.14. The van der Waals surface area contributed by atoms with Gasteiger partial charge in [0.1, 0.15) is 0 Å². The van der Waals surface area contributed by atoms with Gasteiger partial charge in [-0.2, -0.15) is 0 Å². The van der Waals surface area contributed by atoms with Gasteiger partial charge in [0, 0.05) is 0 Å². The highest BCUT2D eigenvalue weighted by atomic mass is 16.5. The molecule has 1 aliphatic carbocycles. The van der Waals surface area contributed by atoms with E-state index in [1.165, 1.54) is 0 Å². The van der Waals surface area contributed by atoms with Crippen LogP contribution in [0.3, 0.4) is 0 Å². The van der Waals surface area contributed by atoms with Crippen LogP contribution in [0, 0.1) is 12.0 Å². The Hall–Kier alpha value is -0.790. The Balaban J connectivity index is 2.34. The molecule has 0 aromatic carbocycles. The molecule has 0 saturated carbocycles. The van der Waals surface area contributed by atoms with E-state index in [-0.39, 0.29) is 11.9 Å². The van der Waals surface area contributed by atoms with E-state index in [4.69, 9.17) is 4.74 Å². The van der Waals surface area contributed by atoms with Gasteiger partial charge < -0.3 is 4.74 Å². The lowest BCUT2D eigenvalue weighted by molar-refractivity contribution is -0.148. The average molecular weight is 153 g/mol. The SMILES string of the molecule is CCOC(=O)C1CC=[C]CC1. The maximum Gasteiger partial charge on any atom is 0.309 e. The monoisotopic (exact) mass is 153 g/mol. The molecule has 1 radical (unpaired) electrons. The molecule has 0 amide bonds. The summed E-state index contributed by atoms with van der Waals surface area (Å²) < 4.78 is 4.89. The Labute approximate surface area is 67.2 Å². The second kappa shape index (κ2) is 4.16. The summed E-state index contributed by atoms with van der Waals surface area (Å²) in [5.41, 5.74) is 0. The molecule has 1 unspecified atom stereocenters. The summed E-state index contributed by atoms with van der Waals surface area (Å²) in [6.45, 7) is 2.32. The molecule has 0 fully saturated rings. The first-order chi connectivity index (χ1) is 5.34. The van der Waals surface area contributed by atoms with Gasteiger partial charge in [-0.25, -0.2) is 0 Å². The third-order valence-corrected chi connectivity index (χ3v) is 1.80. The van der Waals surface area contributed by atoms with E-state index in [2.05, 4.69) is 6.08 Å². The summed E-state index contributed by atoms with van der Waals surface area (Å²) in [5.74, 6) is 0.0430. The van der Waals surface area contributed by atoms with E-state index < -0.39 is 0 Å². The number of hydrogen-bond donors (Lipinski definition) is 0. The van der Waals surface area contributed by atoms with Gasteiger partial charge in [-0.1, -0.05) is 6.08 Å². The number of allylic oxidation sites excluding steroid dienone is 2. The van der Waals surface area contributed by atoms with Crippen LogP contribution >= 0.6 is 0 Å². The maximum absolute atomic E-state index is 11.1. The highest BCUT2D eigenvalue weighted by molar-refractivity contribution is 5.72. The smallest absolute Gasteiger partial charge is 0.309 e. The molecule has 1 aliphatic rings. The van der Waals surface area contributed by atoms with Crippen LogP contribution in [-0.4, -0.2) is 12.6 Å². The summed E-state index contributed by atoms with van der Waals surface area (Å²) in [4.78, 5) is 11.1. The van der Waals surface area contributed by atoms with E-state index in [0.717, 1.165) is 19.3 Å². The minimum atomic E-state index is -0.0507. The average Bonchev–Trinajstić information content (AvgIpc) is 2.07. The van der Waals surface area contributed by atoms with Crippen molar-refractivity contribution in [1.29, 1.82) is 0 Å². The summed E-state index contributed by atoms with van der Waals surface area (Å²) in [6.07, 6.45) is 7.61. The first-order valence-corrected chi connectivity index (χ1v) is 4.06. The van der Waals surface area contributed by atoms with Crippen molar-refractivity contribution in [2.24, 2.45) is 5.92 Å². The predicted molar refractivity (Wildman–Crippen MR) is 41.8 cm³/mol. The van der Waals surface area contributed by atoms with Crippen LogP contribution in [0.15, 0.2) is 6.08 Å². The van der Waals surface area contributed by atoms with E-state index in [1.807, 2.05) is 13.0 Å². The van der Waals surface area contributed by atoms with Gasteiger partial charge in [0.15, 0.2) is 0 Å². The van der Waals surface area contributed by atoms with E-state index in [9.17, 15) is 4.79 Å². The quantitative estimate of drug-likeness (QED) is 0.564. The lowest BCUT2D eigenvalue weighted by atomic mass is 9.95. The highest BCUT2D eigenvalue weighted by Gasteiger charge is 2.19. The molecule has 61 valence electrons. The number of carbonyl (C=O) groups excluding carboxylic acids is 1. The largest absolute Gasteiger partial charge is 0.466 e. The molecule has 0 aromatic rings. The minimum absolute atomic E-state index is 0.0507. The van der Waals surface area contributed by atoms with Gasteiger partial charge in [0.05, 0.1) is 12.5 Å². The van der Waals surface area contributed by atoms with Crippen molar-refractivity contribution in [2.75, 3.05) is 6.61 Å². The second-order valence-corrected chi connectivity index (χ2v) is 2.63. The normalized spacial score (nSPS) is 23.2. The molecule has 0 saturated heterocycles. The molecule has 2 heteroatoms. The highest BCUT2D eigenvalue weighted by Crippen LogP contribution is 2.18. The molecule has 0 N–H and O–H groups in total. The zero-order valence-corrected chi connectivity index (χ0v) is 6.80. The molecule has 0 spiro atoms. The van der Waals surface area contributed by atoms with Crippen LogP contribution in [0.2, 0.25) is 0 Å². The van der Waals surface area contributed by atoms with Gasteiger partial charge in [-0.05, 0) is 32.3 Å². The molecule has 1 atom stereocenters. The van der Waals surface area contributed by atoms with E-state index in [0.29, 0.717) is 6.61 Å². The third-order valence-electron chi connectivity index (χ3n) is 1.80. The van der Waals surface area contributed by atoms with Crippen molar-refractivity contribution in [2.45, 2.75) is 26.2 Å². The van der Waals surface area contributed by atoms with Crippen LogP contribution in [0.1, 0.15) is 26.2 Å². The maximum atomic E-state index is 11.1. The van der Waals surface area contributed by atoms with Crippen molar-refractivity contribution in [3.63, 3.8) is 0 Å². The van der Waals surface area contributed by atoms with Crippen LogP contribution in [-0.2, 0) is 9.53 Å². The molecular weight excluding hydrogens is 140 g/mol. The summed E-state index contributed by atoms with van der Waals surface area (Å²) in [5, 5.41) is 0. The number of hydrogen-bond acceptors (Lipinski definition) is 2. The van der Waals surface area contributed by atoms with Crippen molar-refractivity contribution in [1.82, 2.24) is 0 Å². The molecule has 2 nitrogen and oxygen atoms in total. The fraction of sp³-hybridized carbons (Fsp3) is 0.667. The fourth-order valence-corrected chi connectivity index (χ4v) is 1.18. The first-order valence-electron chi connectivity index (χ1n) is 4.06. The van der Waals surface area contributed by atoms with Crippen molar-refractivity contribution >= 4 is 5.97 Å². The molecule has 0 aromatic heterocycles. The zero-order valence-electron chi connectivity index (χ0n) is 6.80. The van der Waals surface area contributed by atoms with Crippen LogP contribution < -0.4 is 0 Å². The number of rotatable bonds is 2. The predicted octanol–water partition coefficient (Wildman–Crippen LogP) is 1.71. The van der Waals surface area contributed by atoms with Gasteiger partial charge in [0.2, 0.25) is 0 Å². The molecule has 11 heavy (non-hydrogen) atoms. The summed E-state index contributed by atoms with van der Waals surface area (Å²) in [6, 6.07) is 0. The number of esters is 1. The standard InChI is InChI=1S/C9H13O2/c1-2-11-9(10)8-6-4-3-5-7-8/h4,8H,2,5-7H2,1H3. The molecule has 0 bridgehead atoms. The van der Waals surface area contributed by atoms with Crippen LogP contribution in [0.5, 0.6) is 0 Å². The van der Waals surface area contributed by atoms with Crippen LogP contribution in [0.4, 0.5) is 0 Å². The number of ether oxygens (including phenoxy) is 1. The Morgan fingerprint density at radius 1 is 1.82 bits per heavy atom. The van der Waals surface area contributed by atoms with Gasteiger partial charge >= 0.3 is 5.97 Å². The van der Waals surface area contributed by atoms with Crippen LogP contribution in [0.25, 0.3) is 0 Å². The Morgan fingerprint density at radius 3 is 3.18 bits per heavy atom. The first kappa shape index (κ1) is 8.31.